The van der Waals surface area contributed by atoms with E-state index in [0.717, 1.165) is 32.1 Å². The summed E-state index contributed by atoms with van der Waals surface area (Å²) in [7, 11) is 0. The molecule has 11 atom stereocenters. The molecule has 1 aromatic carbocycles. The molecule has 0 radical (unpaired) electrons. The van der Waals surface area contributed by atoms with Gasteiger partial charge in [-0.05, 0) is 80.0 Å². The number of ketones is 2. The molecule has 0 spiro atoms. The summed E-state index contributed by atoms with van der Waals surface area (Å²) in [5, 5.41) is 0. The van der Waals surface area contributed by atoms with Crippen LogP contribution in [-0.4, -0.2) is 47.8 Å². The fraction of sp³-hybridized carbons (Fsp3) is 0.694. The summed E-state index contributed by atoms with van der Waals surface area (Å²) in [5.41, 5.74) is -0.130. The lowest BCUT2D eigenvalue weighted by Gasteiger charge is -2.64. The van der Waals surface area contributed by atoms with E-state index in [9.17, 15) is 24.0 Å². The first kappa shape index (κ1) is 32.4. The molecule has 8 nitrogen and oxygen atoms in total. The van der Waals surface area contributed by atoms with Gasteiger partial charge in [0, 0.05) is 44.1 Å². The molecule has 4 aliphatic rings. The van der Waals surface area contributed by atoms with E-state index in [2.05, 4.69) is 13.8 Å². The number of hydrogen-bond acceptors (Lipinski definition) is 8. The van der Waals surface area contributed by atoms with Crippen LogP contribution >= 0.6 is 0 Å². The number of carbonyl (C=O) groups excluding carboxylic acids is 5. The first-order chi connectivity index (χ1) is 20.7. The Morgan fingerprint density at radius 1 is 0.818 bits per heavy atom. The molecule has 0 aromatic heterocycles. The van der Waals surface area contributed by atoms with Crippen molar-refractivity contribution >= 4 is 29.5 Å². The molecule has 0 saturated heterocycles. The average Bonchev–Trinajstić information content (AvgIpc) is 3.31. The lowest BCUT2D eigenvalue weighted by atomic mass is 9.43. The SMILES string of the molecule is CC(=O)OC1CC[C@@]2(C)C(C1)CC(OC(C)=O)[C@H]1[C@@H]3CC[C@H]([C@H](C)CC(=O)C(=O)c4ccccc4)[C@@]3(C)C(OC(C)=O)C[C@@H]12. The third-order valence-electron chi connectivity index (χ3n) is 12.2. The monoisotopic (exact) mass is 608 g/mol. The highest BCUT2D eigenvalue weighted by Gasteiger charge is 2.67. The van der Waals surface area contributed by atoms with Crippen LogP contribution in [-0.2, 0) is 33.4 Å². The zero-order chi connectivity index (χ0) is 32.0. The minimum Gasteiger partial charge on any atom is -0.463 e. The highest BCUT2D eigenvalue weighted by molar-refractivity contribution is 6.43. The quantitative estimate of drug-likeness (QED) is 0.150. The van der Waals surface area contributed by atoms with Crippen molar-refractivity contribution in [2.75, 3.05) is 0 Å². The highest BCUT2D eigenvalue weighted by Crippen LogP contribution is 2.69. The standard InChI is InChI=1S/C36H48O8/c1-20(16-30(40)34(41)24-10-8-7-9-11-24)27-12-13-28-33-29(19-32(36(27,28)6)44-23(4)39)35(5)15-14-26(42-21(2)37)17-25(35)18-31(33)43-22(3)38/h7-11,20,25-29,31-33H,12-19H2,1-6H3/t20-,25?,26?,27-,28+,29+,31?,32?,33+,35+,36-/m1/s1. The summed E-state index contributed by atoms with van der Waals surface area (Å²) in [6.07, 6.45) is 4.82. The van der Waals surface area contributed by atoms with E-state index >= 15 is 0 Å². The van der Waals surface area contributed by atoms with Gasteiger partial charge in [0.25, 0.3) is 0 Å². The normalized spacial score (nSPS) is 38.2. The number of ether oxygens (including phenoxy) is 3. The summed E-state index contributed by atoms with van der Waals surface area (Å²) >= 11 is 0. The van der Waals surface area contributed by atoms with Crippen LogP contribution in [0.5, 0.6) is 0 Å². The van der Waals surface area contributed by atoms with Gasteiger partial charge in [-0.25, -0.2) is 0 Å². The van der Waals surface area contributed by atoms with Crippen molar-refractivity contribution < 1.29 is 38.2 Å². The van der Waals surface area contributed by atoms with Crippen LogP contribution in [0.3, 0.4) is 0 Å². The molecular weight excluding hydrogens is 560 g/mol. The van der Waals surface area contributed by atoms with Gasteiger partial charge in [0.05, 0.1) is 0 Å². The van der Waals surface area contributed by atoms with Crippen molar-refractivity contribution in [3.63, 3.8) is 0 Å². The number of Topliss-reactive ketones (excluding diaryl/α,β-unsaturated/α-hetero) is 2. The fourth-order valence-corrected chi connectivity index (χ4v) is 10.4. The van der Waals surface area contributed by atoms with Crippen molar-refractivity contribution in [1.82, 2.24) is 0 Å². The number of hydrogen-bond donors (Lipinski definition) is 0. The highest BCUT2D eigenvalue weighted by atomic mass is 16.6. The summed E-state index contributed by atoms with van der Waals surface area (Å²) in [6, 6.07) is 8.67. The maximum absolute atomic E-state index is 13.2. The summed E-state index contributed by atoms with van der Waals surface area (Å²) < 4.78 is 18.0. The van der Waals surface area contributed by atoms with E-state index in [1.807, 2.05) is 13.0 Å². The number of esters is 3. The second-order valence-corrected chi connectivity index (χ2v) is 14.6. The third-order valence-corrected chi connectivity index (χ3v) is 12.2. The van der Waals surface area contributed by atoms with Gasteiger partial charge in [-0.3, -0.25) is 24.0 Å². The number of carbonyl (C=O) groups is 5. The molecule has 44 heavy (non-hydrogen) atoms. The van der Waals surface area contributed by atoms with Gasteiger partial charge >= 0.3 is 17.9 Å². The van der Waals surface area contributed by atoms with Crippen molar-refractivity contribution in [3.8, 4) is 0 Å². The summed E-state index contributed by atoms with van der Waals surface area (Å²) in [4.78, 5) is 63.0. The maximum Gasteiger partial charge on any atom is 0.302 e. The summed E-state index contributed by atoms with van der Waals surface area (Å²) in [6.45, 7) is 10.9. The molecule has 0 aliphatic heterocycles. The lowest BCUT2D eigenvalue weighted by molar-refractivity contribution is -0.224. The molecule has 4 unspecified atom stereocenters. The minimum absolute atomic E-state index is 0.0496. The van der Waals surface area contributed by atoms with Crippen molar-refractivity contribution in [1.29, 1.82) is 0 Å². The van der Waals surface area contributed by atoms with Gasteiger partial charge in [0.15, 0.2) is 0 Å². The van der Waals surface area contributed by atoms with Gasteiger partial charge in [0.2, 0.25) is 11.6 Å². The van der Waals surface area contributed by atoms with Gasteiger partial charge in [-0.1, -0.05) is 51.1 Å². The maximum atomic E-state index is 13.2. The molecule has 4 aliphatic carbocycles. The Balaban J connectivity index is 1.46. The molecule has 0 heterocycles. The zero-order valence-electron chi connectivity index (χ0n) is 27.0. The largest absolute Gasteiger partial charge is 0.463 e. The van der Waals surface area contributed by atoms with Gasteiger partial charge < -0.3 is 14.2 Å². The molecule has 0 bridgehead atoms. The lowest BCUT2D eigenvalue weighted by Crippen LogP contribution is -2.63. The van der Waals surface area contributed by atoms with E-state index in [0.29, 0.717) is 18.4 Å². The first-order valence-electron chi connectivity index (χ1n) is 16.4. The van der Waals surface area contributed by atoms with E-state index in [-0.39, 0.29) is 83.6 Å². The molecular formula is C36H48O8. The molecule has 240 valence electrons. The Morgan fingerprint density at radius 2 is 1.48 bits per heavy atom. The Bertz CT molecular complexity index is 1290. The number of benzene rings is 1. The number of rotatable bonds is 8. The van der Waals surface area contributed by atoms with E-state index in [1.54, 1.807) is 24.3 Å². The van der Waals surface area contributed by atoms with Crippen LogP contribution in [0.4, 0.5) is 0 Å². The Hall–Kier alpha value is -3.03. The van der Waals surface area contributed by atoms with Crippen LogP contribution in [0, 0.1) is 46.3 Å². The van der Waals surface area contributed by atoms with Crippen molar-refractivity contribution in [2.45, 2.75) is 111 Å². The smallest absolute Gasteiger partial charge is 0.302 e. The van der Waals surface area contributed by atoms with Gasteiger partial charge in [-0.15, -0.1) is 0 Å². The first-order valence-corrected chi connectivity index (χ1v) is 16.4. The average molecular weight is 609 g/mol. The van der Waals surface area contributed by atoms with Gasteiger partial charge in [0.1, 0.15) is 18.3 Å². The van der Waals surface area contributed by atoms with Crippen LogP contribution in [0.25, 0.3) is 0 Å². The molecule has 8 heteroatoms. The minimum atomic E-state index is -0.470. The molecule has 0 amide bonds. The summed E-state index contributed by atoms with van der Waals surface area (Å²) in [5.74, 6) is -1.27. The second-order valence-electron chi connectivity index (χ2n) is 14.6. The molecule has 4 fully saturated rings. The van der Waals surface area contributed by atoms with Gasteiger partial charge in [-0.2, -0.15) is 0 Å². The van der Waals surface area contributed by atoms with E-state index in [4.69, 9.17) is 14.2 Å². The zero-order valence-corrected chi connectivity index (χ0v) is 27.0. The van der Waals surface area contributed by atoms with Crippen LogP contribution in [0.15, 0.2) is 30.3 Å². The molecule has 5 rings (SSSR count). The van der Waals surface area contributed by atoms with E-state index in [1.165, 1.54) is 20.8 Å². The Morgan fingerprint density at radius 3 is 2.11 bits per heavy atom. The third kappa shape index (κ3) is 5.85. The molecule has 1 aromatic rings. The van der Waals surface area contributed by atoms with Crippen LogP contribution < -0.4 is 0 Å². The predicted octanol–water partition coefficient (Wildman–Crippen LogP) is 6.14. The second kappa shape index (κ2) is 12.4. The molecule has 4 saturated carbocycles. The number of fused-ring (bicyclic) bond motifs is 5. The Labute approximate surface area is 261 Å². The topological polar surface area (TPSA) is 113 Å². The van der Waals surface area contributed by atoms with Crippen molar-refractivity contribution in [2.24, 2.45) is 46.3 Å². The van der Waals surface area contributed by atoms with Crippen LogP contribution in [0.1, 0.15) is 103 Å². The Kier molecular flexibility index (Phi) is 9.12. The fourth-order valence-electron chi connectivity index (χ4n) is 10.4. The molecule has 0 N–H and O–H groups in total. The van der Waals surface area contributed by atoms with Crippen molar-refractivity contribution in [3.05, 3.63) is 35.9 Å². The van der Waals surface area contributed by atoms with Crippen LogP contribution in [0.2, 0.25) is 0 Å². The van der Waals surface area contributed by atoms with E-state index < -0.39 is 17.0 Å². The predicted molar refractivity (Wildman–Crippen MR) is 162 cm³/mol.